The fraction of sp³-hybridized carbons (Fsp3) is 0. The summed E-state index contributed by atoms with van der Waals surface area (Å²) in [4.78, 5) is 14.9. The molecule has 9 aromatic rings. The van der Waals surface area contributed by atoms with Crippen molar-refractivity contribution < 1.29 is 0 Å². The third kappa shape index (κ3) is 4.13. The molecule has 0 saturated carbocycles. The van der Waals surface area contributed by atoms with Crippen LogP contribution in [-0.2, 0) is 0 Å². The lowest BCUT2D eigenvalue weighted by Crippen LogP contribution is -2.00. The molecule has 3 heterocycles. The fourth-order valence-electron chi connectivity index (χ4n) is 6.09. The second-order valence-corrected chi connectivity index (χ2v) is 12.9. The predicted octanol–water partition coefficient (Wildman–Crippen LogP) is 11.3. The lowest BCUT2D eigenvalue weighted by Gasteiger charge is -2.09. The van der Waals surface area contributed by atoms with Gasteiger partial charge in [-0.05, 0) is 35.9 Å². The molecule has 0 saturated heterocycles. The monoisotopic (exact) mass is 597 g/mol. The quantitative estimate of drug-likeness (QED) is 0.203. The molecule has 0 fully saturated rings. The Morgan fingerprint density at radius 2 is 0.932 bits per heavy atom. The summed E-state index contributed by atoms with van der Waals surface area (Å²) < 4.78 is 5.17. The average molecular weight is 598 g/mol. The van der Waals surface area contributed by atoms with Crippen LogP contribution in [0.2, 0.25) is 0 Å². The molecule has 206 valence electrons. The molecule has 5 heteroatoms. The van der Waals surface area contributed by atoms with Gasteiger partial charge in [-0.25, -0.2) is 15.0 Å². The van der Waals surface area contributed by atoms with Crippen LogP contribution < -0.4 is 0 Å². The van der Waals surface area contributed by atoms with E-state index >= 15 is 0 Å². The maximum atomic E-state index is 5.00. The highest BCUT2D eigenvalue weighted by Crippen LogP contribution is 2.45. The van der Waals surface area contributed by atoms with Crippen molar-refractivity contribution >= 4 is 63.0 Å². The van der Waals surface area contributed by atoms with E-state index < -0.39 is 0 Å². The lowest BCUT2D eigenvalue weighted by molar-refractivity contribution is 1.07. The molecule has 0 N–H and O–H groups in total. The van der Waals surface area contributed by atoms with Crippen LogP contribution in [0.4, 0.5) is 0 Å². The van der Waals surface area contributed by atoms with Crippen molar-refractivity contribution in [3.8, 4) is 45.3 Å². The lowest BCUT2D eigenvalue weighted by atomic mass is 9.97. The standard InChI is InChI=1S/C39H23N3S2/c1-3-11-24(12-4-1)37-40-38(25-13-5-2-6-14-25)42-39(41-37)26-21-22-33-31(23-26)35-28(16-10-20-34(35)43-33)30-18-9-17-29-27-15-7-8-19-32(27)44-36(29)30/h1-23H. The number of benzene rings is 6. The molecule has 0 aliphatic carbocycles. The Kier molecular flexibility index (Phi) is 5.86. The first-order valence-electron chi connectivity index (χ1n) is 14.5. The zero-order chi connectivity index (χ0) is 29.0. The Balaban J connectivity index is 1.27. The number of hydrogen-bond donors (Lipinski definition) is 0. The molecule has 0 aliphatic heterocycles. The van der Waals surface area contributed by atoms with Crippen LogP contribution in [-0.4, -0.2) is 15.0 Å². The van der Waals surface area contributed by atoms with Gasteiger partial charge in [0.1, 0.15) is 0 Å². The highest BCUT2D eigenvalue weighted by molar-refractivity contribution is 7.26. The van der Waals surface area contributed by atoms with Gasteiger partial charge in [0, 0.05) is 62.6 Å². The molecule has 0 bridgehead atoms. The van der Waals surface area contributed by atoms with E-state index in [9.17, 15) is 0 Å². The zero-order valence-electron chi connectivity index (χ0n) is 23.4. The van der Waals surface area contributed by atoms with Crippen molar-refractivity contribution in [1.29, 1.82) is 0 Å². The van der Waals surface area contributed by atoms with Gasteiger partial charge in [0.15, 0.2) is 17.5 Å². The first-order valence-corrected chi connectivity index (χ1v) is 16.2. The van der Waals surface area contributed by atoms with Crippen molar-refractivity contribution in [2.45, 2.75) is 0 Å². The van der Waals surface area contributed by atoms with Gasteiger partial charge in [-0.3, -0.25) is 0 Å². The maximum absolute atomic E-state index is 5.00. The Hall–Kier alpha value is -5.23. The summed E-state index contributed by atoms with van der Waals surface area (Å²) in [5, 5.41) is 5.13. The molecule has 44 heavy (non-hydrogen) atoms. The molecule has 0 amide bonds. The zero-order valence-corrected chi connectivity index (χ0v) is 25.1. The van der Waals surface area contributed by atoms with E-state index in [0.717, 1.165) is 16.7 Å². The van der Waals surface area contributed by atoms with Crippen LogP contribution in [0, 0.1) is 0 Å². The summed E-state index contributed by atoms with van der Waals surface area (Å²) in [7, 11) is 0. The number of nitrogens with zero attached hydrogens (tertiary/aromatic N) is 3. The van der Waals surface area contributed by atoms with Gasteiger partial charge < -0.3 is 0 Å². The average Bonchev–Trinajstić information content (AvgIpc) is 3.67. The molecule has 6 aromatic carbocycles. The van der Waals surface area contributed by atoms with E-state index in [1.807, 2.05) is 83.3 Å². The Bertz CT molecular complexity index is 2440. The highest BCUT2D eigenvalue weighted by atomic mass is 32.1. The summed E-state index contributed by atoms with van der Waals surface area (Å²) in [5.41, 5.74) is 5.44. The summed E-state index contributed by atoms with van der Waals surface area (Å²) in [6.45, 7) is 0. The minimum atomic E-state index is 0.668. The number of hydrogen-bond acceptors (Lipinski definition) is 5. The van der Waals surface area contributed by atoms with Gasteiger partial charge in [0.05, 0.1) is 0 Å². The molecule has 0 unspecified atom stereocenters. The van der Waals surface area contributed by atoms with Crippen molar-refractivity contribution in [1.82, 2.24) is 15.0 Å². The minimum Gasteiger partial charge on any atom is -0.208 e. The Morgan fingerprint density at radius 1 is 0.364 bits per heavy atom. The number of rotatable bonds is 4. The summed E-state index contributed by atoms with van der Waals surface area (Å²) in [6.07, 6.45) is 0. The van der Waals surface area contributed by atoms with Crippen LogP contribution >= 0.6 is 22.7 Å². The van der Waals surface area contributed by atoms with Gasteiger partial charge >= 0.3 is 0 Å². The second-order valence-electron chi connectivity index (χ2n) is 10.8. The molecule has 0 aliphatic rings. The molecule has 0 spiro atoms. The Morgan fingerprint density at radius 3 is 1.68 bits per heavy atom. The van der Waals surface area contributed by atoms with Crippen molar-refractivity contribution in [2.75, 3.05) is 0 Å². The molecular formula is C39H23N3S2. The van der Waals surface area contributed by atoms with Gasteiger partial charge in [-0.2, -0.15) is 0 Å². The van der Waals surface area contributed by atoms with Crippen molar-refractivity contribution in [2.24, 2.45) is 0 Å². The van der Waals surface area contributed by atoms with Crippen LogP contribution in [0.15, 0.2) is 140 Å². The predicted molar refractivity (Wildman–Crippen MR) is 187 cm³/mol. The van der Waals surface area contributed by atoms with Crippen LogP contribution in [0.3, 0.4) is 0 Å². The largest absolute Gasteiger partial charge is 0.208 e. The molecule has 3 aromatic heterocycles. The topological polar surface area (TPSA) is 38.7 Å². The van der Waals surface area contributed by atoms with Crippen LogP contribution in [0.25, 0.3) is 85.6 Å². The van der Waals surface area contributed by atoms with Gasteiger partial charge in [-0.15, -0.1) is 22.7 Å². The maximum Gasteiger partial charge on any atom is 0.164 e. The first kappa shape index (κ1) is 25.3. The van der Waals surface area contributed by atoms with E-state index in [0.29, 0.717) is 17.5 Å². The van der Waals surface area contributed by atoms with Gasteiger partial charge in [0.25, 0.3) is 0 Å². The molecule has 9 rings (SSSR count). The first-order chi connectivity index (χ1) is 21.8. The number of thiophene rings is 2. The van der Waals surface area contributed by atoms with E-state index in [1.54, 1.807) is 0 Å². The molecule has 0 atom stereocenters. The van der Waals surface area contributed by atoms with Gasteiger partial charge in [-0.1, -0.05) is 109 Å². The Labute approximate surface area is 261 Å². The minimum absolute atomic E-state index is 0.668. The summed E-state index contributed by atoms with van der Waals surface area (Å²) >= 11 is 3.71. The highest BCUT2D eigenvalue weighted by Gasteiger charge is 2.17. The number of aromatic nitrogens is 3. The van der Waals surface area contributed by atoms with Crippen LogP contribution in [0.1, 0.15) is 0 Å². The second kappa shape index (κ2) is 10.2. The normalized spacial score (nSPS) is 11.6. The summed E-state index contributed by atoms with van der Waals surface area (Å²) in [5.74, 6) is 2.01. The third-order valence-electron chi connectivity index (χ3n) is 8.15. The van der Waals surface area contributed by atoms with E-state index in [2.05, 4.69) is 78.9 Å². The van der Waals surface area contributed by atoms with Crippen LogP contribution in [0.5, 0.6) is 0 Å². The van der Waals surface area contributed by atoms with E-state index in [4.69, 9.17) is 15.0 Å². The van der Waals surface area contributed by atoms with Crippen molar-refractivity contribution in [3.63, 3.8) is 0 Å². The third-order valence-corrected chi connectivity index (χ3v) is 10.5. The van der Waals surface area contributed by atoms with Crippen molar-refractivity contribution in [3.05, 3.63) is 140 Å². The molecular weight excluding hydrogens is 575 g/mol. The number of fused-ring (bicyclic) bond motifs is 6. The molecule has 3 nitrogen and oxygen atoms in total. The smallest absolute Gasteiger partial charge is 0.164 e. The fourth-order valence-corrected chi connectivity index (χ4v) is 8.43. The SMILES string of the molecule is c1ccc(-c2nc(-c3ccccc3)nc(-c3ccc4sc5cccc(-c6cccc7c6sc6ccccc67)c5c4c3)n2)cc1. The summed E-state index contributed by atoms with van der Waals surface area (Å²) in [6, 6.07) is 49.0. The van der Waals surface area contributed by atoms with E-state index in [1.165, 1.54) is 51.5 Å². The van der Waals surface area contributed by atoms with Gasteiger partial charge in [0.2, 0.25) is 0 Å². The molecule has 0 radical (unpaired) electrons. The van der Waals surface area contributed by atoms with E-state index in [-0.39, 0.29) is 0 Å².